The molecule has 6 nitrogen and oxygen atoms in total. The van der Waals surface area contributed by atoms with Crippen LogP contribution in [0.1, 0.15) is 27.7 Å². The van der Waals surface area contributed by atoms with E-state index in [2.05, 4.69) is 5.32 Å². The van der Waals surface area contributed by atoms with Gasteiger partial charge in [-0.05, 0) is 76.2 Å². The fourth-order valence-corrected chi connectivity index (χ4v) is 3.93. The van der Waals surface area contributed by atoms with Gasteiger partial charge in [-0.15, -0.1) is 0 Å². The van der Waals surface area contributed by atoms with Crippen LogP contribution in [0.2, 0.25) is 0 Å². The van der Waals surface area contributed by atoms with Crippen LogP contribution >= 0.6 is 0 Å². The van der Waals surface area contributed by atoms with Crippen LogP contribution in [0.25, 0.3) is 0 Å². The van der Waals surface area contributed by atoms with Gasteiger partial charge in [-0.3, -0.25) is 9.10 Å². The van der Waals surface area contributed by atoms with Crippen LogP contribution in [0, 0.1) is 5.82 Å². The number of amides is 1. The number of benzene rings is 2. The zero-order valence-corrected chi connectivity index (χ0v) is 17.2. The van der Waals surface area contributed by atoms with E-state index in [9.17, 15) is 17.6 Å². The Morgan fingerprint density at radius 3 is 2.14 bits per heavy atom. The van der Waals surface area contributed by atoms with E-state index in [4.69, 9.17) is 4.74 Å². The first-order valence-electron chi connectivity index (χ1n) is 8.85. The van der Waals surface area contributed by atoms with E-state index in [1.54, 1.807) is 32.9 Å². The highest BCUT2D eigenvalue weighted by Gasteiger charge is 2.28. The molecule has 0 heterocycles. The topological polar surface area (TPSA) is 75.7 Å². The number of carbonyl (C=O) groups excluding carboxylic acids is 1. The van der Waals surface area contributed by atoms with Gasteiger partial charge in [0.05, 0.1) is 17.2 Å². The van der Waals surface area contributed by atoms with Gasteiger partial charge in [0.15, 0.2) is 0 Å². The molecule has 28 heavy (non-hydrogen) atoms. The maximum Gasteiger partial charge on any atom is 0.264 e. The highest BCUT2D eigenvalue weighted by atomic mass is 32.2. The zero-order valence-electron chi connectivity index (χ0n) is 16.4. The van der Waals surface area contributed by atoms with Gasteiger partial charge in [0.2, 0.25) is 5.91 Å². The number of hydrogen-bond donors (Lipinski definition) is 1. The van der Waals surface area contributed by atoms with Gasteiger partial charge in [-0.1, -0.05) is 0 Å². The molecule has 0 aliphatic rings. The summed E-state index contributed by atoms with van der Waals surface area (Å²) in [6.07, 6.45) is 0. The molecule has 0 saturated carbocycles. The van der Waals surface area contributed by atoms with Crippen LogP contribution < -0.4 is 14.4 Å². The fourth-order valence-electron chi connectivity index (χ4n) is 2.51. The molecule has 0 aliphatic heterocycles. The Morgan fingerprint density at radius 2 is 1.64 bits per heavy atom. The van der Waals surface area contributed by atoms with E-state index in [-0.39, 0.29) is 10.6 Å². The summed E-state index contributed by atoms with van der Waals surface area (Å²) in [4.78, 5) is 12.4. The summed E-state index contributed by atoms with van der Waals surface area (Å²) >= 11 is 0. The van der Waals surface area contributed by atoms with E-state index >= 15 is 0 Å². The molecule has 1 amide bonds. The largest absolute Gasteiger partial charge is 0.494 e. The lowest BCUT2D eigenvalue weighted by Crippen LogP contribution is -2.47. The molecule has 0 radical (unpaired) electrons. The van der Waals surface area contributed by atoms with Crippen LogP contribution in [-0.2, 0) is 14.8 Å². The van der Waals surface area contributed by atoms with Crippen molar-refractivity contribution in [2.24, 2.45) is 0 Å². The van der Waals surface area contributed by atoms with Gasteiger partial charge in [0.25, 0.3) is 10.0 Å². The monoisotopic (exact) mass is 408 g/mol. The number of halogens is 1. The predicted molar refractivity (Wildman–Crippen MR) is 106 cm³/mol. The SMILES string of the molecule is CCOc1ccc(S(=O)(=O)N(CC(=O)NC(C)(C)C)c2ccc(F)cc2)cc1. The van der Waals surface area contributed by atoms with Crippen molar-refractivity contribution in [1.82, 2.24) is 5.32 Å². The molecular weight excluding hydrogens is 383 g/mol. The van der Waals surface area contributed by atoms with Gasteiger partial charge in [0.1, 0.15) is 18.1 Å². The molecule has 8 heteroatoms. The average molecular weight is 408 g/mol. The molecule has 0 unspecified atom stereocenters. The predicted octanol–water partition coefficient (Wildman–Crippen LogP) is 3.33. The minimum absolute atomic E-state index is 0.00355. The Morgan fingerprint density at radius 1 is 1.07 bits per heavy atom. The Labute approximate surface area is 165 Å². The minimum Gasteiger partial charge on any atom is -0.494 e. The molecule has 0 saturated heterocycles. The molecule has 0 atom stereocenters. The van der Waals surface area contributed by atoms with E-state index in [0.29, 0.717) is 12.4 Å². The summed E-state index contributed by atoms with van der Waals surface area (Å²) in [6, 6.07) is 10.9. The number of nitrogens with one attached hydrogen (secondary N) is 1. The number of rotatable bonds is 7. The summed E-state index contributed by atoms with van der Waals surface area (Å²) in [5.74, 6) is -0.423. The van der Waals surface area contributed by atoms with Crippen molar-refractivity contribution < 1.29 is 22.3 Å². The number of nitrogens with zero attached hydrogens (tertiary/aromatic N) is 1. The highest BCUT2D eigenvalue weighted by molar-refractivity contribution is 7.92. The zero-order chi connectivity index (χ0) is 20.9. The van der Waals surface area contributed by atoms with Crippen LogP contribution in [0.3, 0.4) is 0 Å². The van der Waals surface area contributed by atoms with Crippen molar-refractivity contribution >= 4 is 21.6 Å². The maximum absolute atomic E-state index is 13.3. The first-order valence-corrected chi connectivity index (χ1v) is 10.3. The normalized spacial score (nSPS) is 11.8. The van der Waals surface area contributed by atoms with Crippen LogP contribution in [0.5, 0.6) is 5.75 Å². The van der Waals surface area contributed by atoms with Crippen LogP contribution in [-0.4, -0.2) is 33.0 Å². The third kappa shape index (κ3) is 5.69. The molecule has 0 fully saturated rings. The fraction of sp³-hybridized carbons (Fsp3) is 0.350. The van der Waals surface area contributed by atoms with Gasteiger partial charge >= 0.3 is 0 Å². The molecule has 0 spiro atoms. The van der Waals surface area contributed by atoms with Crippen molar-refractivity contribution in [3.05, 3.63) is 54.3 Å². The Bertz CT molecular complexity index is 905. The van der Waals surface area contributed by atoms with Gasteiger partial charge in [0, 0.05) is 5.54 Å². The van der Waals surface area contributed by atoms with Crippen molar-refractivity contribution in [2.75, 3.05) is 17.5 Å². The van der Waals surface area contributed by atoms with Gasteiger partial charge in [-0.25, -0.2) is 12.8 Å². The third-order valence-electron chi connectivity index (χ3n) is 3.64. The molecule has 0 bridgehead atoms. The second-order valence-electron chi connectivity index (χ2n) is 7.19. The molecule has 2 aromatic carbocycles. The Kier molecular flexibility index (Phi) is 6.66. The van der Waals surface area contributed by atoms with Gasteiger partial charge < -0.3 is 10.1 Å². The number of hydrogen-bond acceptors (Lipinski definition) is 4. The summed E-state index contributed by atoms with van der Waals surface area (Å²) < 4.78 is 46.0. The third-order valence-corrected chi connectivity index (χ3v) is 5.43. The van der Waals surface area contributed by atoms with Crippen molar-refractivity contribution in [3.8, 4) is 5.75 Å². The first-order chi connectivity index (χ1) is 13.0. The maximum atomic E-state index is 13.3. The molecule has 0 aliphatic carbocycles. The van der Waals surface area contributed by atoms with E-state index in [1.165, 1.54) is 24.3 Å². The lowest BCUT2D eigenvalue weighted by molar-refractivity contribution is -0.121. The van der Waals surface area contributed by atoms with Crippen LogP contribution in [0.4, 0.5) is 10.1 Å². The summed E-state index contributed by atoms with van der Waals surface area (Å²) in [5, 5.41) is 2.74. The standard InChI is InChI=1S/C20H25FN2O4S/c1-5-27-17-10-12-18(13-11-17)28(25,26)23(14-19(24)22-20(2,3)4)16-8-6-15(21)7-9-16/h6-13H,5,14H2,1-4H3,(H,22,24). The average Bonchev–Trinajstić information content (AvgIpc) is 2.60. The highest BCUT2D eigenvalue weighted by Crippen LogP contribution is 2.25. The second-order valence-corrected chi connectivity index (χ2v) is 9.05. The lowest BCUT2D eigenvalue weighted by atomic mass is 10.1. The quantitative estimate of drug-likeness (QED) is 0.762. The number of ether oxygens (including phenoxy) is 1. The van der Waals surface area contributed by atoms with Crippen molar-refractivity contribution in [3.63, 3.8) is 0 Å². The summed E-state index contributed by atoms with van der Waals surface area (Å²) in [5.41, 5.74) is -0.326. The Hall–Kier alpha value is -2.61. The number of carbonyl (C=O) groups is 1. The smallest absolute Gasteiger partial charge is 0.264 e. The van der Waals surface area contributed by atoms with Crippen LogP contribution in [0.15, 0.2) is 53.4 Å². The molecule has 1 N–H and O–H groups in total. The first kappa shape index (κ1) is 21.7. The second kappa shape index (κ2) is 8.60. The van der Waals surface area contributed by atoms with Crippen molar-refractivity contribution in [1.29, 1.82) is 0 Å². The molecular formula is C20H25FN2O4S. The Balaban J connectivity index is 2.41. The van der Waals surface area contributed by atoms with E-state index in [1.807, 2.05) is 6.92 Å². The number of sulfonamides is 1. The summed E-state index contributed by atoms with van der Waals surface area (Å²) in [6.45, 7) is 7.25. The molecule has 2 aromatic rings. The lowest BCUT2D eigenvalue weighted by Gasteiger charge is -2.27. The minimum atomic E-state index is -4.05. The number of anilines is 1. The molecule has 2 rings (SSSR count). The van der Waals surface area contributed by atoms with Crippen molar-refractivity contribution in [2.45, 2.75) is 38.1 Å². The van der Waals surface area contributed by atoms with E-state index in [0.717, 1.165) is 16.4 Å². The molecule has 0 aromatic heterocycles. The van der Waals surface area contributed by atoms with E-state index < -0.39 is 33.8 Å². The molecule has 152 valence electrons. The summed E-state index contributed by atoms with van der Waals surface area (Å²) in [7, 11) is -4.05. The van der Waals surface area contributed by atoms with Gasteiger partial charge in [-0.2, -0.15) is 0 Å².